The zero-order chi connectivity index (χ0) is 12.1. The maximum Gasteiger partial charge on any atom is 0.225 e. The smallest absolute Gasteiger partial charge is 0.225 e. The molecule has 0 amide bonds. The highest BCUT2D eigenvalue weighted by Gasteiger charge is 2.09. The molecule has 0 fully saturated rings. The summed E-state index contributed by atoms with van der Waals surface area (Å²) < 4.78 is 0. The highest BCUT2D eigenvalue weighted by molar-refractivity contribution is 6.32. The normalized spacial score (nSPS) is 10.2. The van der Waals surface area contributed by atoms with E-state index in [9.17, 15) is 4.79 Å². The second-order valence-electron chi connectivity index (χ2n) is 3.12. The molecule has 2 N–H and O–H groups in total. The third kappa shape index (κ3) is 3.59. The van der Waals surface area contributed by atoms with Crippen molar-refractivity contribution in [3.8, 4) is 0 Å². The molecule has 0 aromatic carbocycles. The topological polar surface area (TPSA) is 75.1 Å². The van der Waals surface area contributed by atoms with Crippen LogP contribution in [0.25, 0.3) is 0 Å². The SMILES string of the molecule is Cc1c(Cl)nc(Cl)nc1NCC(=O)CCO. The molecule has 0 bridgehead atoms. The third-order valence-electron chi connectivity index (χ3n) is 1.90. The average molecular weight is 264 g/mol. The average Bonchev–Trinajstić information content (AvgIpc) is 2.21. The molecule has 1 aromatic heterocycles. The number of Topliss-reactive ketones (excluding diaryl/α,β-unsaturated/α-hetero) is 1. The van der Waals surface area contributed by atoms with E-state index in [1.807, 2.05) is 0 Å². The van der Waals surface area contributed by atoms with E-state index in [0.717, 1.165) is 0 Å². The van der Waals surface area contributed by atoms with Crippen molar-refractivity contribution in [3.05, 3.63) is 16.0 Å². The second-order valence-corrected chi connectivity index (χ2v) is 3.82. The molecule has 0 radical (unpaired) electrons. The summed E-state index contributed by atoms with van der Waals surface area (Å²) in [5, 5.41) is 11.6. The number of aromatic nitrogens is 2. The van der Waals surface area contributed by atoms with Crippen molar-refractivity contribution < 1.29 is 9.90 Å². The Hall–Kier alpha value is -0.910. The molecule has 16 heavy (non-hydrogen) atoms. The largest absolute Gasteiger partial charge is 0.396 e. The number of nitrogens with zero attached hydrogens (tertiary/aromatic N) is 2. The van der Waals surface area contributed by atoms with Crippen molar-refractivity contribution in [2.45, 2.75) is 13.3 Å². The number of carbonyl (C=O) groups excluding carboxylic acids is 1. The van der Waals surface area contributed by atoms with E-state index < -0.39 is 0 Å². The summed E-state index contributed by atoms with van der Waals surface area (Å²) in [4.78, 5) is 18.8. The van der Waals surface area contributed by atoms with Gasteiger partial charge in [0.05, 0.1) is 13.2 Å². The van der Waals surface area contributed by atoms with Gasteiger partial charge in [0.25, 0.3) is 0 Å². The van der Waals surface area contributed by atoms with Crippen LogP contribution in [-0.2, 0) is 4.79 Å². The molecular formula is C9H11Cl2N3O2. The Morgan fingerprint density at radius 2 is 2.12 bits per heavy atom. The molecule has 0 spiro atoms. The lowest BCUT2D eigenvalue weighted by Crippen LogP contribution is -2.16. The van der Waals surface area contributed by atoms with Gasteiger partial charge in [-0.05, 0) is 18.5 Å². The second kappa shape index (κ2) is 5.98. The number of hydrogen-bond donors (Lipinski definition) is 2. The Labute approximate surface area is 103 Å². The first kappa shape index (κ1) is 13.2. The van der Waals surface area contributed by atoms with Gasteiger partial charge in [0, 0.05) is 12.0 Å². The lowest BCUT2D eigenvalue weighted by molar-refractivity contribution is -0.118. The van der Waals surface area contributed by atoms with Crippen molar-refractivity contribution in [1.82, 2.24) is 9.97 Å². The summed E-state index contributed by atoms with van der Waals surface area (Å²) in [6, 6.07) is 0. The van der Waals surface area contributed by atoms with Gasteiger partial charge in [-0.2, -0.15) is 0 Å². The van der Waals surface area contributed by atoms with E-state index in [0.29, 0.717) is 11.4 Å². The first-order valence-corrected chi connectivity index (χ1v) is 5.36. The fourth-order valence-corrected chi connectivity index (χ4v) is 1.41. The molecule has 1 rings (SSSR count). The highest BCUT2D eigenvalue weighted by Crippen LogP contribution is 2.21. The van der Waals surface area contributed by atoms with E-state index in [1.54, 1.807) is 6.92 Å². The molecule has 0 aliphatic carbocycles. The lowest BCUT2D eigenvalue weighted by Gasteiger charge is -2.08. The predicted molar refractivity (Wildman–Crippen MR) is 62.0 cm³/mol. The minimum atomic E-state index is -0.162. The Balaban J connectivity index is 2.70. The number of aliphatic hydroxyl groups is 1. The number of nitrogens with one attached hydrogen (secondary N) is 1. The predicted octanol–water partition coefficient (Wildman–Crippen LogP) is 1.46. The zero-order valence-electron chi connectivity index (χ0n) is 8.63. The molecule has 5 nitrogen and oxygen atoms in total. The van der Waals surface area contributed by atoms with Crippen molar-refractivity contribution in [1.29, 1.82) is 0 Å². The van der Waals surface area contributed by atoms with E-state index in [-0.39, 0.29) is 35.8 Å². The van der Waals surface area contributed by atoms with Crippen LogP contribution in [-0.4, -0.2) is 34.0 Å². The summed E-state index contributed by atoms with van der Waals surface area (Å²) >= 11 is 11.4. The first-order chi connectivity index (χ1) is 7.54. The number of halogens is 2. The van der Waals surface area contributed by atoms with Crippen LogP contribution in [0.15, 0.2) is 0 Å². The van der Waals surface area contributed by atoms with Crippen LogP contribution in [0.5, 0.6) is 0 Å². The van der Waals surface area contributed by atoms with E-state index in [1.165, 1.54) is 0 Å². The van der Waals surface area contributed by atoms with E-state index >= 15 is 0 Å². The fraction of sp³-hybridized carbons (Fsp3) is 0.444. The van der Waals surface area contributed by atoms with Crippen molar-refractivity contribution in [2.75, 3.05) is 18.5 Å². The molecule has 1 heterocycles. The molecule has 0 aliphatic rings. The maximum atomic E-state index is 11.2. The summed E-state index contributed by atoms with van der Waals surface area (Å²) in [6.07, 6.45) is 0.110. The molecule has 0 atom stereocenters. The molecule has 0 unspecified atom stereocenters. The molecule has 0 saturated carbocycles. The molecule has 7 heteroatoms. The monoisotopic (exact) mass is 263 g/mol. The summed E-state index contributed by atoms with van der Waals surface area (Å²) in [7, 11) is 0. The molecule has 0 aliphatic heterocycles. The molecule has 88 valence electrons. The quantitative estimate of drug-likeness (QED) is 0.622. The van der Waals surface area contributed by atoms with E-state index in [4.69, 9.17) is 28.3 Å². The number of hydrogen-bond acceptors (Lipinski definition) is 5. The van der Waals surface area contributed by atoms with Gasteiger partial charge in [-0.3, -0.25) is 4.79 Å². The van der Waals surface area contributed by atoms with Crippen LogP contribution in [0, 0.1) is 6.92 Å². The Kier molecular flexibility index (Phi) is 4.92. The fourth-order valence-electron chi connectivity index (χ4n) is 1.03. The zero-order valence-corrected chi connectivity index (χ0v) is 10.1. The highest BCUT2D eigenvalue weighted by atomic mass is 35.5. The van der Waals surface area contributed by atoms with Crippen molar-refractivity contribution in [2.24, 2.45) is 0 Å². The lowest BCUT2D eigenvalue weighted by atomic mass is 10.3. The van der Waals surface area contributed by atoms with Crippen molar-refractivity contribution >= 4 is 34.8 Å². The van der Waals surface area contributed by atoms with Gasteiger partial charge >= 0.3 is 0 Å². The van der Waals surface area contributed by atoms with Crippen LogP contribution >= 0.6 is 23.2 Å². The first-order valence-electron chi connectivity index (χ1n) is 4.60. The standard InChI is InChI=1S/C9H11Cl2N3O2/c1-5-7(10)13-9(11)14-8(5)12-4-6(16)2-3-15/h15H,2-4H2,1H3,(H,12,13,14). The number of carbonyl (C=O) groups is 1. The van der Waals surface area contributed by atoms with Gasteiger partial charge in [0.1, 0.15) is 11.0 Å². The third-order valence-corrected chi connectivity index (χ3v) is 2.44. The number of rotatable bonds is 5. The van der Waals surface area contributed by atoms with Crippen LogP contribution in [0.1, 0.15) is 12.0 Å². The Morgan fingerprint density at radius 3 is 2.75 bits per heavy atom. The van der Waals surface area contributed by atoms with Crippen LogP contribution in [0.4, 0.5) is 5.82 Å². The summed E-state index contributed by atoms with van der Waals surface area (Å²) in [5.74, 6) is 0.309. The van der Waals surface area contributed by atoms with Crippen LogP contribution < -0.4 is 5.32 Å². The number of ketones is 1. The van der Waals surface area contributed by atoms with Crippen LogP contribution in [0.2, 0.25) is 10.4 Å². The number of aliphatic hydroxyl groups excluding tert-OH is 1. The Morgan fingerprint density at radius 1 is 1.44 bits per heavy atom. The number of anilines is 1. The summed E-state index contributed by atoms with van der Waals surface area (Å²) in [6.45, 7) is 1.63. The minimum absolute atomic E-state index is 0.0210. The Bertz CT molecular complexity index is 399. The maximum absolute atomic E-state index is 11.2. The minimum Gasteiger partial charge on any atom is -0.396 e. The van der Waals surface area contributed by atoms with Gasteiger partial charge in [0.15, 0.2) is 5.78 Å². The van der Waals surface area contributed by atoms with E-state index in [2.05, 4.69) is 15.3 Å². The molecule has 1 aromatic rings. The summed E-state index contributed by atoms with van der Waals surface area (Å²) in [5.41, 5.74) is 0.628. The van der Waals surface area contributed by atoms with Gasteiger partial charge in [-0.15, -0.1) is 0 Å². The van der Waals surface area contributed by atoms with Gasteiger partial charge in [0.2, 0.25) is 5.28 Å². The molecular weight excluding hydrogens is 253 g/mol. The molecule has 0 saturated heterocycles. The van der Waals surface area contributed by atoms with Crippen molar-refractivity contribution in [3.63, 3.8) is 0 Å². The van der Waals surface area contributed by atoms with Gasteiger partial charge in [-0.25, -0.2) is 9.97 Å². The van der Waals surface area contributed by atoms with Gasteiger partial charge in [-0.1, -0.05) is 11.6 Å². The van der Waals surface area contributed by atoms with Crippen LogP contribution in [0.3, 0.4) is 0 Å². The van der Waals surface area contributed by atoms with Gasteiger partial charge < -0.3 is 10.4 Å².